The summed E-state index contributed by atoms with van der Waals surface area (Å²) >= 11 is 0. The van der Waals surface area contributed by atoms with E-state index in [1.54, 1.807) is 13.8 Å². The van der Waals surface area contributed by atoms with Crippen LogP contribution >= 0.6 is 0 Å². The van der Waals surface area contributed by atoms with Gasteiger partial charge in [-0.1, -0.05) is 74.5 Å². The van der Waals surface area contributed by atoms with E-state index in [4.69, 9.17) is 9.47 Å². The van der Waals surface area contributed by atoms with Gasteiger partial charge in [-0.05, 0) is 11.1 Å². The highest BCUT2D eigenvalue weighted by Gasteiger charge is 2.21. The lowest BCUT2D eigenvalue weighted by Crippen LogP contribution is -2.34. The van der Waals surface area contributed by atoms with Gasteiger partial charge in [0, 0.05) is 12.6 Å². The van der Waals surface area contributed by atoms with Crippen LogP contribution in [0.25, 0.3) is 0 Å². The SMILES string of the molecule is CC(C)C(=O)OCOC(=O)CCC(=O)c1ncc(C(=O)NC(c2ccccc2)c2ccccc2)c(=O)[nH]1. The molecule has 10 heteroatoms. The second-order valence-corrected chi connectivity index (χ2v) is 8.38. The van der Waals surface area contributed by atoms with Crippen molar-refractivity contribution >= 4 is 23.6 Å². The number of ketones is 1. The Labute approximate surface area is 213 Å². The minimum absolute atomic E-state index is 0.264. The Kier molecular flexibility index (Phi) is 9.42. The summed E-state index contributed by atoms with van der Waals surface area (Å²) in [6.07, 6.45) is 0.424. The average Bonchev–Trinajstić information content (AvgIpc) is 2.91. The predicted octanol–water partition coefficient (Wildman–Crippen LogP) is 2.95. The molecule has 0 saturated heterocycles. The third-order valence-corrected chi connectivity index (χ3v) is 5.30. The van der Waals surface area contributed by atoms with Crippen LogP contribution in [0.3, 0.4) is 0 Å². The van der Waals surface area contributed by atoms with Crippen molar-refractivity contribution in [3.8, 4) is 0 Å². The number of hydrogen-bond donors (Lipinski definition) is 2. The van der Waals surface area contributed by atoms with Crippen LogP contribution in [0.4, 0.5) is 0 Å². The molecule has 0 fully saturated rings. The van der Waals surface area contributed by atoms with Gasteiger partial charge < -0.3 is 19.8 Å². The molecule has 0 bridgehead atoms. The number of nitrogens with one attached hydrogen (secondary N) is 2. The Morgan fingerprint density at radius 1 is 0.892 bits per heavy atom. The molecule has 0 saturated carbocycles. The number of benzene rings is 2. The lowest BCUT2D eigenvalue weighted by atomic mass is 9.98. The minimum Gasteiger partial charge on any atom is -0.428 e. The van der Waals surface area contributed by atoms with Crippen molar-refractivity contribution < 1.29 is 28.7 Å². The summed E-state index contributed by atoms with van der Waals surface area (Å²) in [5, 5.41) is 2.85. The van der Waals surface area contributed by atoms with Gasteiger partial charge >= 0.3 is 11.9 Å². The van der Waals surface area contributed by atoms with E-state index in [2.05, 4.69) is 15.3 Å². The quantitative estimate of drug-likeness (QED) is 0.230. The smallest absolute Gasteiger partial charge is 0.311 e. The van der Waals surface area contributed by atoms with E-state index in [0.29, 0.717) is 0 Å². The fourth-order valence-electron chi connectivity index (χ4n) is 3.28. The molecule has 37 heavy (non-hydrogen) atoms. The average molecular weight is 506 g/mol. The number of aromatic amines is 1. The molecule has 10 nitrogen and oxygen atoms in total. The first-order valence-corrected chi connectivity index (χ1v) is 11.6. The monoisotopic (exact) mass is 505 g/mol. The minimum atomic E-state index is -0.793. The Bertz CT molecular complexity index is 1260. The summed E-state index contributed by atoms with van der Waals surface area (Å²) in [6.45, 7) is 2.72. The molecule has 0 radical (unpaired) electrons. The van der Waals surface area contributed by atoms with Crippen LogP contribution in [0, 0.1) is 5.92 Å². The maximum Gasteiger partial charge on any atom is 0.311 e. The number of carbonyl (C=O) groups is 4. The number of hydrogen-bond acceptors (Lipinski definition) is 8. The van der Waals surface area contributed by atoms with E-state index in [0.717, 1.165) is 17.3 Å². The zero-order chi connectivity index (χ0) is 26.8. The first-order chi connectivity index (χ1) is 17.8. The Hall–Kier alpha value is -4.60. The summed E-state index contributed by atoms with van der Waals surface area (Å²) < 4.78 is 9.49. The van der Waals surface area contributed by atoms with Crippen LogP contribution in [0.5, 0.6) is 0 Å². The Balaban J connectivity index is 1.62. The van der Waals surface area contributed by atoms with Crippen molar-refractivity contribution in [3.63, 3.8) is 0 Å². The molecule has 0 atom stereocenters. The lowest BCUT2D eigenvalue weighted by molar-refractivity contribution is -0.169. The second kappa shape index (κ2) is 12.9. The summed E-state index contributed by atoms with van der Waals surface area (Å²) in [4.78, 5) is 67.2. The fourth-order valence-corrected chi connectivity index (χ4v) is 3.28. The van der Waals surface area contributed by atoms with E-state index < -0.39 is 42.0 Å². The summed E-state index contributed by atoms with van der Waals surface area (Å²) in [6, 6.07) is 18.0. The van der Waals surface area contributed by atoms with Crippen LogP contribution < -0.4 is 10.9 Å². The molecule has 2 aromatic carbocycles. The van der Waals surface area contributed by atoms with Gasteiger partial charge in [0.2, 0.25) is 6.79 Å². The van der Waals surface area contributed by atoms with Gasteiger partial charge in [-0.2, -0.15) is 0 Å². The molecule has 1 aromatic heterocycles. The summed E-state index contributed by atoms with van der Waals surface area (Å²) in [5.41, 5.74) is 0.590. The van der Waals surface area contributed by atoms with Gasteiger partial charge in [-0.25, -0.2) is 4.98 Å². The molecule has 0 aliphatic heterocycles. The highest BCUT2D eigenvalue weighted by Crippen LogP contribution is 2.22. The summed E-state index contributed by atoms with van der Waals surface area (Å²) in [5.74, 6) is -3.21. The van der Waals surface area contributed by atoms with E-state index in [9.17, 15) is 24.0 Å². The second-order valence-electron chi connectivity index (χ2n) is 8.38. The number of carbonyl (C=O) groups excluding carboxylic acids is 4. The van der Waals surface area contributed by atoms with E-state index >= 15 is 0 Å². The number of nitrogens with zero attached hydrogens (tertiary/aromatic N) is 1. The van der Waals surface area contributed by atoms with Crippen molar-refractivity contribution in [2.45, 2.75) is 32.7 Å². The highest BCUT2D eigenvalue weighted by molar-refractivity contribution is 5.96. The molecular weight excluding hydrogens is 478 g/mol. The van der Waals surface area contributed by atoms with Gasteiger partial charge in [-0.3, -0.25) is 24.0 Å². The number of amides is 1. The molecular formula is C27H27N3O7. The first kappa shape index (κ1) is 27.0. The standard InChI is InChI=1S/C27H27N3O7/c1-17(2)27(35)37-16-36-22(32)14-13-21(31)24-28-15-20(26(34)30-24)25(33)29-23(18-9-5-3-6-10-18)19-11-7-4-8-12-19/h3-12,15,17,23H,13-14,16H2,1-2H3,(H,29,33)(H,28,30,34). The third kappa shape index (κ3) is 7.69. The fraction of sp³-hybridized carbons (Fsp3) is 0.259. The van der Waals surface area contributed by atoms with Crippen molar-refractivity contribution in [3.05, 3.63) is 99.7 Å². The predicted molar refractivity (Wildman–Crippen MR) is 133 cm³/mol. The molecule has 3 rings (SSSR count). The van der Waals surface area contributed by atoms with Crippen LogP contribution in [0.15, 0.2) is 71.7 Å². The lowest BCUT2D eigenvalue weighted by Gasteiger charge is -2.19. The van der Waals surface area contributed by atoms with Crippen molar-refractivity contribution in [2.24, 2.45) is 5.92 Å². The molecule has 2 N–H and O–H groups in total. The third-order valence-electron chi connectivity index (χ3n) is 5.30. The molecule has 192 valence electrons. The van der Waals surface area contributed by atoms with Crippen LogP contribution in [-0.4, -0.2) is 40.4 Å². The Morgan fingerprint density at radius 2 is 1.49 bits per heavy atom. The van der Waals surface area contributed by atoms with Gasteiger partial charge in [0.15, 0.2) is 11.6 Å². The van der Waals surface area contributed by atoms with Crippen molar-refractivity contribution in [2.75, 3.05) is 6.79 Å². The van der Waals surface area contributed by atoms with Crippen LogP contribution in [0.2, 0.25) is 0 Å². The maximum atomic E-state index is 13.0. The van der Waals surface area contributed by atoms with E-state index in [-0.39, 0.29) is 30.1 Å². The van der Waals surface area contributed by atoms with Crippen LogP contribution in [-0.2, 0) is 19.1 Å². The molecule has 1 heterocycles. The molecule has 3 aromatic rings. The van der Waals surface area contributed by atoms with Gasteiger partial charge in [0.1, 0.15) is 5.56 Å². The largest absolute Gasteiger partial charge is 0.428 e. The zero-order valence-electron chi connectivity index (χ0n) is 20.4. The van der Waals surface area contributed by atoms with Gasteiger partial charge in [-0.15, -0.1) is 0 Å². The van der Waals surface area contributed by atoms with E-state index in [1.165, 1.54) is 0 Å². The Morgan fingerprint density at radius 3 is 2.03 bits per heavy atom. The van der Waals surface area contributed by atoms with Crippen molar-refractivity contribution in [1.29, 1.82) is 0 Å². The van der Waals surface area contributed by atoms with Gasteiger partial charge in [0.05, 0.1) is 18.4 Å². The molecule has 0 aliphatic rings. The summed E-state index contributed by atoms with van der Waals surface area (Å²) in [7, 11) is 0. The zero-order valence-corrected chi connectivity index (χ0v) is 20.4. The number of Topliss-reactive ketones (excluding diaryl/α,β-unsaturated/α-hetero) is 1. The normalized spacial score (nSPS) is 10.7. The molecule has 0 spiro atoms. The molecule has 1 amide bonds. The number of rotatable bonds is 11. The van der Waals surface area contributed by atoms with Gasteiger partial charge in [0.25, 0.3) is 11.5 Å². The van der Waals surface area contributed by atoms with Crippen LogP contribution in [0.1, 0.15) is 64.8 Å². The topological polar surface area (TPSA) is 145 Å². The highest BCUT2D eigenvalue weighted by atomic mass is 16.7. The first-order valence-electron chi connectivity index (χ1n) is 11.6. The number of H-pyrrole nitrogens is 1. The maximum absolute atomic E-state index is 13.0. The molecule has 0 aliphatic carbocycles. The molecule has 0 unspecified atom stereocenters. The number of aromatic nitrogens is 2. The number of esters is 2. The van der Waals surface area contributed by atoms with Crippen molar-refractivity contribution in [1.82, 2.24) is 15.3 Å². The number of ether oxygens (including phenoxy) is 2. The van der Waals surface area contributed by atoms with E-state index in [1.807, 2.05) is 60.7 Å².